The molecule has 4 nitrogen and oxygen atoms in total. The summed E-state index contributed by atoms with van der Waals surface area (Å²) in [5.41, 5.74) is 0.680. The lowest BCUT2D eigenvalue weighted by atomic mass is 9.86. The monoisotopic (exact) mass is 312 g/mol. The summed E-state index contributed by atoms with van der Waals surface area (Å²) in [6.45, 7) is 0.810. The second kappa shape index (κ2) is 5.13. The van der Waals surface area contributed by atoms with Gasteiger partial charge in [-0.05, 0) is 36.6 Å². The molecule has 98 valence electrons. The maximum atomic E-state index is 11.2. The summed E-state index contributed by atoms with van der Waals surface area (Å²) in [4.78, 5) is 11.2. The van der Waals surface area contributed by atoms with E-state index in [2.05, 4.69) is 27.1 Å². The number of hydrazone groups is 1. The smallest absolute Gasteiger partial charge is 0.166 e. The zero-order chi connectivity index (χ0) is 12.5. The van der Waals surface area contributed by atoms with E-state index < -0.39 is 0 Å². The normalized spacial score (nSPS) is 35.8. The number of fused-ring (bicyclic) bond motifs is 1. The van der Waals surface area contributed by atoms with Crippen molar-refractivity contribution in [3.8, 4) is 0 Å². The second-order valence-corrected chi connectivity index (χ2v) is 6.13. The minimum absolute atomic E-state index is 0.0639. The Hall–Kier alpha value is -0.680. The Balaban J connectivity index is 1.82. The number of nitrogens with zero attached hydrogens (tertiary/aromatic N) is 2. The molecule has 3 unspecified atom stereocenters. The van der Waals surface area contributed by atoms with Gasteiger partial charge in [-0.15, -0.1) is 0 Å². The van der Waals surface area contributed by atoms with Crippen LogP contribution in [0, 0.1) is 5.92 Å². The Kier molecular flexibility index (Phi) is 3.52. The molecule has 3 atom stereocenters. The highest BCUT2D eigenvalue weighted by molar-refractivity contribution is 9.11. The first kappa shape index (κ1) is 12.4. The fourth-order valence-corrected chi connectivity index (χ4v) is 3.58. The zero-order valence-corrected chi connectivity index (χ0v) is 11.8. The summed E-state index contributed by atoms with van der Waals surface area (Å²) in [7, 11) is 0. The molecule has 1 fully saturated rings. The maximum absolute atomic E-state index is 11.2. The number of halogens is 1. The van der Waals surface area contributed by atoms with Crippen molar-refractivity contribution >= 4 is 27.9 Å². The van der Waals surface area contributed by atoms with Gasteiger partial charge in [-0.2, -0.15) is 5.10 Å². The van der Waals surface area contributed by atoms with Gasteiger partial charge in [0.25, 0.3) is 0 Å². The molecular formula is C13H17BrN2O2. The summed E-state index contributed by atoms with van der Waals surface area (Å²) >= 11 is 3.54. The molecule has 3 aliphatic rings. The van der Waals surface area contributed by atoms with Crippen LogP contribution in [0.4, 0.5) is 0 Å². The standard InChI is InChI=1S/C13H17BrN2O2/c14-9-4-5-12-10(7-9)11(8-17)15-16(12)13-3-1-2-6-18-13/h4,8,10,12-13H,1-3,5-7H2. The van der Waals surface area contributed by atoms with Crippen LogP contribution in [0.3, 0.4) is 0 Å². The summed E-state index contributed by atoms with van der Waals surface area (Å²) in [5.74, 6) is 0.229. The summed E-state index contributed by atoms with van der Waals surface area (Å²) in [6.07, 6.45) is 8.32. The Morgan fingerprint density at radius 2 is 2.39 bits per heavy atom. The number of allylic oxidation sites excluding steroid dienone is 1. The highest BCUT2D eigenvalue weighted by atomic mass is 79.9. The Bertz CT molecular complexity index is 402. The van der Waals surface area contributed by atoms with Crippen LogP contribution in [0.1, 0.15) is 32.1 Å². The number of ether oxygens (including phenoxy) is 1. The van der Waals surface area contributed by atoms with Gasteiger partial charge in [0.1, 0.15) is 11.9 Å². The topological polar surface area (TPSA) is 41.9 Å². The van der Waals surface area contributed by atoms with E-state index in [1.165, 1.54) is 10.9 Å². The SMILES string of the molecule is O=CC1=NN(C2CCCCO2)C2CC=C(Br)CC12. The quantitative estimate of drug-likeness (QED) is 0.735. The minimum atomic E-state index is 0.0639. The van der Waals surface area contributed by atoms with Crippen molar-refractivity contribution in [1.29, 1.82) is 0 Å². The Labute approximate surface area is 115 Å². The van der Waals surface area contributed by atoms with Crippen molar-refractivity contribution in [3.63, 3.8) is 0 Å². The molecule has 1 saturated heterocycles. The van der Waals surface area contributed by atoms with Gasteiger partial charge in [0.15, 0.2) is 6.29 Å². The maximum Gasteiger partial charge on any atom is 0.166 e. The highest BCUT2D eigenvalue weighted by Gasteiger charge is 2.42. The molecule has 18 heavy (non-hydrogen) atoms. The van der Waals surface area contributed by atoms with Crippen molar-refractivity contribution in [3.05, 3.63) is 10.6 Å². The molecule has 0 radical (unpaired) electrons. The third-order valence-corrected chi connectivity index (χ3v) is 4.63. The molecule has 0 spiro atoms. The third kappa shape index (κ3) is 2.14. The summed E-state index contributed by atoms with van der Waals surface area (Å²) in [6, 6.07) is 0.301. The van der Waals surface area contributed by atoms with Gasteiger partial charge in [-0.3, -0.25) is 9.80 Å². The average Bonchev–Trinajstić information content (AvgIpc) is 2.77. The van der Waals surface area contributed by atoms with Crippen molar-refractivity contribution in [2.75, 3.05) is 6.61 Å². The van der Waals surface area contributed by atoms with Gasteiger partial charge in [-0.25, -0.2) is 0 Å². The van der Waals surface area contributed by atoms with Gasteiger partial charge in [-0.1, -0.05) is 22.0 Å². The van der Waals surface area contributed by atoms with E-state index in [1.54, 1.807) is 0 Å². The van der Waals surface area contributed by atoms with Crippen LogP contribution in [0.2, 0.25) is 0 Å². The third-order valence-electron chi connectivity index (χ3n) is 3.98. The van der Waals surface area contributed by atoms with Crippen LogP contribution in [0.15, 0.2) is 15.7 Å². The van der Waals surface area contributed by atoms with Crippen LogP contribution >= 0.6 is 15.9 Å². The first-order valence-electron chi connectivity index (χ1n) is 6.57. The lowest BCUT2D eigenvalue weighted by Gasteiger charge is -2.36. The molecule has 2 heterocycles. The number of hydrogen-bond donors (Lipinski definition) is 0. The molecule has 0 N–H and O–H groups in total. The van der Waals surface area contributed by atoms with Crippen LogP contribution in [-0.4, -0.2) is 35.9 Å². The first-order valence-corrected chi connectivity index (χ1v) is 7.37. The van der Waals surface area contributed by atoms with Crippen LogP contribution in [-0.2, 0) is 9.53 Å². The van der Waals surface area contributed by atoms with Crippen molar-refractivity contribution in [1.82, 2.24) is 5.01 Å². The number of aldehydes is 1. The summed E-state index contributed by atoms with van der Waals surface area (Å²) in [5, 5.41) is 6.56. The molecule has 0 saturated carbocycles. The molecule has 5 heteroatoms. The Morgan fingerprint density at radius 1 is 1.50 bits per heavy atom. The van der Waals surface area contributed by atoms with E-state index in [9.17, 15) is 4.79 Å². The molecule has 2 aliphatic heterocycles. The predicted octanol–water partition coefficient (Wildman–Crippen LogP) is 2.44. The lowest BCUT2D eigenvalue weighted by Crippen LogP contribution is -2.43. The molecule has 0 aromatic rings. The number of carbonyl (C=O) groups excluding carboxylic acids is 1. The number of rotatable bonds is 2. The first-order chi connectivity index (χ1) is 8.79. The van der Waals surface area contributed by atoms with E-state index in [4.69, 9.17) is 4.74 Å². The largest absolute Gasteiger partial charge is 0.357 e. The Morgan fingerprint density at radius 3 is 3.11 bits per heavy atom. The highest BCUT2D eigenvalue weighted by Crippen LogP contribution is 2.38. The van der Waals surface area contributed by atoms with E-state index in [1.807, 2.05) is 5.01 Å². The lowest BCUT2D eigenvalue weighted by molar-refractivity contribution is -0.102. The molecule has 0 bridgehead atoms. The molecule has 1 aliphatic carbocycles. The molecule has 3 rings (SSSR count). The molecular weight excluding hydrogens is 296 g/mol. The number of hydrogen-bond acceptors (Lipinski definition) is 4. The van der Waals surface area contributed by atoms with E-state index in [0.717, 1.165) is 38.6 Å². The number of carbonyl (C=O) groups is 1. The van der Waals surface area contributed by atoms with Crippen molar-refractivity contribution < 1.29 is 9.53 Å². The van der Waals surface area contributed by atoms with Crippen molar-refractivity contribution in [2.24, 2.45) is 11.0 Å². The zero-order valence-electron chi connectivity index (χ0n) is 10.2. The van der Waals surface area contributed by atoms with Gasteiger partial charge in [0.2, 0.25) is 0 Å². The van der Waals surface area contributed by atoms with Crippen LogP contribution < -0.4 is 0 Å². The van der Waals surface area contributed by atoms with E-state index >= 15 is 0 Å². The molecule has 0 aromatic carbocycles. The second-order valence-electron chi connectivity index (χ2n) is 5.11. The predicted molar refractivity (Wildman–Crippen MR) is 72.5 cm³/mol. The molecule has 0 amide bonds. The fourth-order valence-electron chi connectivity index (χ4n) is 3.04. The van der Waals surface area contributed by atoms with Gasteiger partial charge < -0.3 is 4.74 Å². The molecule has 0 aromatic heterocycles. The van der Waals surface area contributed by atoms with E-state index in [0.29, 0.717) is 11.8 Å². The van der Waals surface area contributed by atoms with E-state index in [-0.39, 0.29) is 12.1 Å². The average molecular weight is 313 g/mol. The minimum Gasteiger partial charge on any atom is -0.357 e. The van der Waals surface area contributed by atoms with Crippen LogP contribution in [0.5, 0.6) is 0 Å². The van der Waals surface area contributed by atoms with Crippen molar-refractivity contribution in [2.45, 2.75) is 44.4 Å². The van der Waals surface area contributed by atoms with Gasteiger partial charge >= 0.3 is 0 Å². The van der Waals surface area contributed by atoms with Crippen LogP contribution in [0.25, 0.3) is 0 Å². The fraction of sp³-hybridized carbons (Fsp3) is 0.692. The summed E-state index contributed by atoms with van der Waals surface area (Å²) < 4.78 is 6.99. The van der Waals surface area contributed by atoms with Gasteiger partial charge in [0, 0.05) is 12.5 Å². The van der Waals surface area contributed by atoms with Gasteiger partial charge in [0.05, 0.1) is 6.04 Å².